The fourth-order valence-corrected chi connectivity index (χ4v) is 4.04. The average molecular weight is 362 g/mol. The summed E-state index contributed by atoms with van der Waals surface area (Å²) in [6.45, 7) is 5.56. The van der Waals surface area contributed by atoms with Crippen molar-refractivity contribution in [3.8, 4) is 16.6 Å². The van der Waals surface area contributed by atoms with Crippen molar-refractivity contribution < 1.29 is 0 Å². The molecule has 2 aliphatic heterocycles. The highest BCUT2D eigenvalue weighted by molar-refractivity contribution is 7.13. The van der Waals surface area contributed by atoms with E-state index in [0.717, 1.165) is 10.4 Å². The smallest absolute Gasteiger partial charge is 0.289 e. The first-order valence-corrected chi connectivity index (χ1v) is 8.72. The first-order valence-electron chi connectivity index (χ1n) is 7.90. The molecule has 4 rings (SSSR count). The van der Waals surface area contributed by atoms with Gasteiger partial charge < -0.3 is 0 Å². The second-order valence-corrected chi connectivity index (χ2v) is 7.10. The molecule has 2 aliphatic rings. The van der Waals surface area contributed by atoms with E-state index in [1.165, 1.54) is 15.9 Å². The van der Waals surface area contributed by atoms with Gasteiger partial charge in [0.05, 0.1) is 22.0 Å². The van der Waals surface area contributed by atoms with Gasteiger partial charge in [-0.05, 0) is 32.9 Å². The predicted octanol–water partition coefficient (Wildman–Crippen LogP) is 3.69. The summed E-state index contributed by atoms with van der Waals surface area (Å²) in [7, 11) is 0. The summed E-state index contributed by atoms with van der Waals surface area (Å²) >= 11 is 1.20. The maximum atomic E-state index is 12.9. The largest absolute Gasteiger partial charge is 0.299 e. The molecular formula is C18H14N6OS. The van der Waals surface area contributed by atoms with Crippen LogP contribution >= 0.6 is 11.3 Å². The molecule has 2 aromatic rings. The molecule has 0 bridgehead atoms. The molecule has 1 aromatic carbocycles. The summed E-state index contributed by atoms with van der Waals surface area (Å²) in [5.74, 6) is 0. The van der Waals surface area contributed by atoms with E-state index in [1.807, 2.05) is 31.2 Å². The summed E-state index contributed by atoms with van der Waals surface area (Å²) in [5.41, 5.74) is 3.89. The normalized spacial score (nSPS) is 11.8. The zero-order valence-corrected chi connectivity index (χ0v) is 15.2. The average Bonchev–Trinajstić information content (AvgIpc) is 3.17. The standard InChI is InChI=1S/C18H14N6OS/c1-9-4-6-12(7-5-9)21-22-14-10(2)23-15-13(8-19)17(20)26-16(15)11(3)24(23)18(14)25/h4-7,20H,1-3H3. The van der Waals surface area contributed by atoms with Gasteiger partial charge in [-0.25, -0.2) is 9.03 Å². The van der Waals surface area contributed by atoms with Crippen LogP contribution in [0, 0.1) is 37.5 Å². The van der Waals surface area contributed by atoms with Crippen LogP contribution in [0.5, 0.6) is 0 Å². The van der Waals surface area contributed by atoms with E-state index >= 15 is 0 Å². The third-order valence-electron chi connectivity index (χ3n) is 4.41. The second kappa shape index (κ2) is 5.61. The van der Waals surface area contributed by atoms with Crippen LogP contribution in [0.1, 0.15) is 22.5 Å². The van der Waals surface area contributed by atoms with Crippen LogP contribution in [-0.4, -0.2) is 9.03 Å². The predicted molar refractivity (Wildman–Crippen MR) is 98.2 cm³/mol. The number of fused-ring (bicyclic) bond motifs is 3. The van der Waals surface area contributed by atoms with Crippen LogP contribution in [-0.2, 0) is 0 Å². The molecule has 1 aromatic heterocycles. The zero-order valence-electron chi connectivity index (χ0n) is 14.4. The van der Waals surface area contributed by atoms with E-state index in [2.05, 4.69) is 16.3 Å². The minimum absolute atomic E-state index is 0.200. The maximum absolute atomic E-state index is 12.9. The molecule has 0 fully saturated rings. The summed E-state index contributed by atoms with van der Waals surface area (Å²) in [6.07, 6.45) is 0. The molecule has 26 heavy (non-hydrogen) atoms. The number of rotatable bonds is 2. The van der Waals surface area contributed by atoms with Crippen molar-refractivity contribution in [2.45, 2.75) is 20.8 Å². The van der Waals surface area contributed by atoms with Gasteiger partial charge in [0.25, 0.3) is 5.56 Å². The number of benzene rings is 1. The van der Waals surface area contributed by atoms with Gasteiger partial charge in [-0.1, -0.05) is 17.7 Å². The molecule has 0 saturated carbocycles. The number of hydrogen-bond donors (Lipinski definition) is 1. The molecule has 8 heteroatoms. The van der Waals surface area contributed by atoms with Crippen molar-refractivity contribution in [2.24, 2.45) is 10.2 Å². The van der Waals surface area contributed by atoms with Gasteiger partial charge in [0, 0.05) is 0 Å². The number of nitrogens with zero attached hydrogens (tertiary/aromatic N) is 5. The van der Waals surface area contributed by atoms with Crippen molar-refractivity contribution in [3.63, 3.8) is 0 Å². The van der Waals surface area contributed by atoms with Gasteiger partial charge in [-0.2, -0.15) is 10.4 Å². The Balaban J connectivity index is 1.98. The van der Waals surface area contributed by atoms with Gasteiger partial charge in [-0.3, -0.25) is 10.2 Å². The third kappa shape index (κ3) is 2.11. The highest BCUT2D eigenvalue weighted by Crippen LogP contribution is 2.34. The van der Waals surface area contributed by atoms with Gasteiger partial charge in [0.15, 0.2) is 5.69 Å². The number of aryl methyl sites for hydroxylation is 3. The molecule has 1 N–H and O–H groups in total. The van der Waals surface area contributed by atoms with Crippen LogP contribution in [0.4, 0.5) is 11.4 Å². The van der Waals surface area contributed by atoms with Crippen molar-refractivity contribution >= 4 is 22.7 Å². The van der Waals surface area contributed by atoms with Crippen LogP contribution in [0.15, 0.2) is 39.3 Å². The molecule has 128 valence electrons. The number of nitriles is 1. The molecule has 0 radical (unpaired) electrons. The minimum Gasteiger partial charge on any atom is -0.289 e. The summed E-state index contributed by atoms with van der Waals surface area (Å²) < 4.78 is 3.37. The van der Waals surface area contributed by atoms with Gasteiger partial charge in [0.1, 0.15) is 22.0 Å². The lowest BCUT2D eigenvalue weighted by Crippen LogP contribution is -2.10. The number of azo groups is 1. The second-order valence-electron chi connectivity index (χ2n) is 6.08. The highest BCUT2D eigenvalue weighted by atomic mass is 32.1. The Labute approximate surface area is 152 Å². The first-order chi connectivity index (χ1) is 12.4. The quantitative estimate of drug-likeness (QED) is 0.550. The third-order valence-corrected chi connectivity index (χ3v) is 5.51. The van der Waals surface area contributed by atoms with Gasteiger partial charge in [0.2, 0.25) is 0 Å². The monoisotopic (exact) mass is 362 g/mol. The van der Waals surface area contributed by atoms with E-state index in [1.54, 1.807) is 18.4 Å². The number of aromatic nitrogens is 2. The molecule has 0 atom stereocenters. The summed E-state index contributed by atoms with van der Waals surface area (Å²) in [6, 6.07) is 9.61. The fraction of sp³-hybridized carbons (Fsp3) is 0.167. The first kappa shape index (κ1) is 16.2. The van der Waals surface area contributed by atoms with Gasteiger partial charge >= 0.3 is 0 Å². The molecule has 0 unspecified atom stereocenters. The Kier molecular flexibility index (Phi) is 3.49. The van der Waals surface area contributed by atoms with Crippen LogP contribution in [0.25, 0.3) is 10.6 Å². The van der Waals surface area contributed by atoms with Crippen LogP contribution in [0.3, 0.4) is 0 Å². The summed E-state index contributed by atoms with van der Waals surface area (Å²) in [4.78, 5) is 13.6. The Hall–Kier alpha value is -3.31. The zero-order chi connectivity index (χ0) is 18.6. The van der Waals surface area contributed by atoms with E-state index in [4.69, 9.17) is 5.41 Å². The molecule has 7 nitrogen and oxygen atoms in total. The topological polar surface area (TPSA) is 98.2 Å². The van der Waals surface area contributed by atoms with Crippen LogP contribution in [0.2, 0.25) is 0 Å². The molecular weight excluding hydrogens is 348 g/mol. The van der Waals surface area contributed by atoms with Crippen molar-refractivity contribution in [1.29, 1.82) is 10.7 Å². The lowest BCUT2D eigenvalue weighted by molar-refractivity contribution is 0.794. The molecule has 0 saturated heterocycles. The number of hydrogen-bond acceptors (Lipinski definition) is 6. The lowest BCUT2D eigenvalue weighted by Gasteiger charge is -1.96. The van der Waals surface area contributed by atoms with Crippen molar-refractivity contribution in [1.82, 2.24) is 9.03 Å². The van der Waals surface area contributed by atoms with E-state index in [0.29, 0.717) is 22.8 Å². The minimum atomic E-state index is -0.283. The highest BCUT2D eigenvalue weighted by Gasteiger charge is 2.28. The fourth-order valence-electron chi connectivity index (χ4n) is 3.07. The Bertz CT molecular complexity index is 1300. The van der Waals surface area contributed by atoms with Crippen molar-refractivity contribution in [2.75, 3.05) is 0 Å². The SMILES string of the molecule is Cc1ccc(N=Nc2c(C)n3c4c(C#N)c(=N)sc-4c(C)n3c2=O)cc1. The lowest BCUT2D eigenvalue weighted by atomic mass is 10.2. The Morgan fingerprint density at radius 1 is 1.08 bits per heavy atom. The van der Waals surface area contributed by atoms with E-state index < -0.39 is 0 Å². The molecule has 0 spiro atoms. The number of nitrogens with one attached hydrogen (secondary N) is 1. The Morgan fingerprint density at radius 3 is 2.42 bits per heavy atom. The Morgan fingerprint density at radius 2 is 1.77 bits per heavy atom. The molecule has 0 amide bonds. The van der Waals surface area contributed by atoms with Gasteiger partial charge in [-0.15, -0.1) is 16.5 Å². The molecule has 0 aliphatic carbocycles. The van der Waals surface area contributed by atoms with E-state index in [9.17, 15) is 10.1 Å². The maximum Gasteiger partial charge on any atom is 0.299 e. The number of thiophene rings is 1. The van der Waals surface area contributed by atoms with Crippen LogP contribution < -0.4 is 10.2 Å². The molecule has 3 heterocycles. The van der Waals surface area contributed by atoms with Crippen molar-refractivity contribution in [3.05, 3.63) is 61.8 Å². The van der Waals surface area contributed by atoms with E-state index in [-0.39, 0.29) is 21.5 Å². The summed E-state index contributed by atoms with van der Waals surface area (Å²) in [5, 5.41) is 25.7.